The van der Waals surface area contributed by atoms with E-state index in [1.165, 1.54) is 0 Å². The number of carbonyl (C=O) groups excluding carboxylic acids is 1. The first-order valence-electron chi connectivity index (χ1n) is 8.95. The van der Waals surface area contributed by atoms with E-state index in [1.54, 1.807) is 6.20 Å². The lowest BCUT2D eigenvalue weighted by Gasteiger charge is -2.37. The fraction of sp³-hybridized carbons (Fsp3) is 0.400. The molecule has 1 saturated heterocycles. The first-order valence-corrected chi connectivity index (χ1v) is 8.95. The van der Waals surface area contributed by atoms with Gasteiger partial charge in [-0.25, -0.2) is 0 Å². The number of hydrogen-bond donors (Lipinski definition) is 1. The second kappa shape index (κ2) is 6.94. The number of nitrogens with zero attached hydrogens (tertiary/aromatic N) is 3. The number of pyridine rings is 1. The van der Waals surface area contributed by atoms with Gasteiger partial charge < -0.3 is 10.0 Å². The zero-order chi connectivity index (χ0) is 17.2. The minimum Gasteiger partial charge on any atom is -0.393 e. The van der Waals surface area contributed by atoms with Crippen LogP contribution in [0.15, 0.2) is 48.8 Å². The molecular formula is C20H23N3O2. The first kappa shape index (κ1) is 16.2. The van der Waals surface area contributed by atoms with Crippen molar-refractivity contribution in [2.75, 3.05) is 24.5 Å². The lowest BCUT2D eigenvalue weighted by atomic mass is 9.99. The van der Waals surface area contributed by atoms with Gasteiger partial charge in [-0.15, -0.1) is 0 Å². The fourth-order valence-electron chi connectivity index (χ4n) is 3.89. The van der Waals surface area contributed by atoms with E-state index < -0.39 is 0 Å². The summed E-state index contributed by atoms with van der Waals surface area (Å²) in [6, 6.07) is 11.6. The normalized spacial score (nSPS) is 19.6. The molecule has 1 aromatic carbocycles. The third-order valence-corrected chi connectivity index (χ3v) is 5.25. The molecule has 1 N–H and O–H groups in total. The lowest BCUT2D eigenvalue weighted by molar-refractivity contribution is -0.125. The number of piperidine rings is 1. The van der Waals surface area contributed by atoms with Gasteiger partial charge in [-0.05, 0) is 36.5 Å². The van der Waals surface area contributed by atoms with E-state index in [0.717, 1.165) is 49.2 Å². The summed E-state index contributed by atoms with van der Waals surface area (Å²) in [4.78, 5) is 21.8. The van der Waals surface area contributed by atoms with Gasteiger partial charge in [0.1, 0.15) is 6.04 Å². The van der Waals surface area contributed by atoms with Crippen molar-refractivity contribution < 1.29 is 9.90 Å². The van der Waals surface area contributed by atoms with E-state index in [1.807, 2.05) is 47.5 Å². The standard InChI is InChI=1S/C20H23N3O2/c24-17-8-11-22(12-9-17)19(15-4-2-1-3-5-15)20(25)23-13-7-16-14-21-10-6-18(16)23/h1-6,10,14,17,19,24H,7-9,11-13H2. The van der Waals surface area contributed by atoms with Crippen molar-refractivity contribution in [2.45, 2.75) is 31.4 Å². The highest BCUT2D eigenvalue weighted by atomic mass is 16.3. The first-order chi connectivity index (χ1) is 12.2. The van der Waals surface area contributed by atoms with Gasteiger partial charge in [0.15, 0.2) is 0 Å². The largest absolute Gasteiger partial charge is 0.393 e. The van der Waals surface area contributed by atoms with Crippen LogP contribution in [0.3, 0.4) is 0 Å². The molecule has 1 amide bonds. The quantitative estimate of drug-likeness (QED) is 0.933. The van der Waals surface area contributed by atoms with Gasteiger partial charge in [0.05, 0.1) is 11.8 Å². The number of fused-ring (bicyclic) bond motifs is 1. The number of aromatic nitrogens is 1. The average molecular weight is 337 g/mol. The molecule has 0 spiro atoms. The van der Waals surface area contributed by atoms with Crippen molar-refractivity contribution in [3.8, 4) is 0 Å². The van der Waals surface area contributed by atoms with Crippen LogP contribution in [-0.4, -0.2) is 46.6 Å². The molecule has 1 unspecified atom stereocenters. The topological polar surface area (TPSA) is 56.7 Å². The van der Waals surface area contributed by atoms with Crippen molar-refractivity contribution in [2.24, 2.45) is 0 Å². The molecule has 3 heterocycles. The van der Waals surface area contributed by atoms with Crippen LogP contribution >= 0.6 is 0 Å². The maximum Gasteiger partial charge on any atom is 0.248 e. The number of amides is 1. The Morgan fingerprint density at radius 1 is 1.12 bits per heavy atom. The molecule has 0 saturated carbocycles. The van der Waals surface area contributed by atoms with Crippen molar-refractivity contribution in [1.29, 1.82) is 0 Å². The maximum atomic E-state index is 13.5. The molecule has 130 valence electrons. The number of likely N-dealkylation sites (tertiary alicyclic amines) is 1. The van der Waals surface area contributed by atoms with E-state index in [4.69, 9.17) is 0 Å². The van der Waals surface area contributed by atoms with Crippen LogP contribution in [0.5, 0.6) is 0 Å². The highest BCUT2D eigenvalue weighted by Gasteiger charge is 2.36. The molecule has 2 aliphatic rings. The molecule has 1 aromatic heterocycles. The van der Waals surface area contributed by atoms with E-state index >= 15 is 0 Å². The molecule has 1 fully saturated rings. The molecule has 5 heteroatoms. The Labute approximate surface area is 147 Å². The molecule has 1 atom stereocenters. The van der Waals surface area contributed by atoms with Crippen LogP contribution in [0.2, 0.25) is 0 Å². The SMILES string of the molecule is O=C(C(c1ccccc1)N1CCC(O)CC1)N1CCc2cnccc21. The van der Waals surface area contributed by atoms with E-state index in [2.05, 4.69) is 9.88 Å². The summed E-state index contributed by atoms with van der Waals surface area (Å²) in [6.45, 7) is 2.19. The zero-order valence-corrected chi connectivity index (χ0v) is 14.2. The molecule has 0 radical (unpaired) electrons. The molecule has 4 rings (SSSR count). The molecule has 2 aliphatic heterocycles. The van der Waals surface area contributed by atoms with Crippen LogP contribution < -0.4 is 4.90 Å². The Morgan fingerprint density at radius 3 is 2.64 bits per heavy atom. The van der Waals surface area contributed by atoms with Crippen molar-refractivity contribution in [3.63, 3.8) is 0 Å². The van der Waals surface area contributed by atoms with E-state index in [0.29, 0.717) is 6.54 Å². The van der Waals surface area contributed by atoms with Gasteiger partial charge in [0, 0.05) is 32.0 Å². The molecular weight excluding hydrogens is 314 g/mol. The van der Waals surface area contributed by atoms with Crippen LogP contribution in [0.1, 0.15) is 30.0 Å². The summed E-state index contributed by atoms with van der Waals surface area (Å²) in [7, 11) is 0. The number of anilines is 1. The Morgan fingerprint density at radius 2 is 1.88 bits per heavy atom. The van der Waals surface area contributed by atoms with Gasteiger partial charge in [-0.3, -0.25) is 14.7 Å². The number of aliphatic hydroxyl groups is 1. The zero-order valence-electron chi connectivity index (χ0n) is 14.2. The Kier molecular flexibility index (Phi) is 4.51. The average Bonchev–Trinajstić information content (AvgIpc) is 3.08. The van der Waals surface area contributed by atoms with Crippen LogP contribution in [0.25, 0.3) is 0 Å². The van der Waals surface area contributed by atoms with Crippen LogP contribution in [0.4, 0.5) is 5.69 Å². The summed E-state index contributed by atoms with van der Waals surface area (Å²) >= 11 is 0. The number of hydrogen-bond acceptors (Lipinski definition) is 4. The predicted molar refractivity (Wildman–Crippen MR) is 96.3 cm³/mol. The lowest BCUT2D eigenvalue weighted by Crippen LogP contribution is -2.46. The number of carbonyl (C=O) groups is 1. The summed E-state index contributed by atoms with van der Waals surface area (Å²) in [5.41, 5.74) is 3.14. The highest BCUT2D eigenvalue weighted by Crippen LogP contribution is 2.33. The summed E-state index contributed by atoms with van der Waals surface area (Å²) < 4.78 is 0. The maximum absolute atomic E-state index is 13.5. The van der Waals surface area contributed by atoms with Gasteiger partial charge in [0.25, 0.3) is 0 Å². The Balaban J connectivity index is 1.65. The predicted octanol–water partition coefficient (Wildman–Crippen LogP) is 2.17. The van der Waals surface area contributed by atoms with E-state index in [-0.39, 0.29) is 18.1 Å². The van der Waals surface area contributed by atoms with Crippen LogP contribution in [-0.2, 0) is 11.2 Å². The number of benzene rings is 1. The highest BCUT2D eigenvalue weighted by molar-refractivity contribution is 5.99. The van der Waals surface area contributed by atoms with Gasteiger partial charge in [0.2, 0.25) is 5.91 Å². The summed E-state index contributed by atoms with van der Waals surface area (Å²) in [5.74, 6) is 0.118. The molecule has 5 nitrogen and oxygen atoms in total. The van der Waals surface area contributed by atoms with Gasteiger partial charge in [-0.1, -0.05) is 30.3 Å². The molecule has 2 aromatic rings. The molecule has 0 aliphatic carbocycles. The Hall–Kier alpha value is -2.24. The minimum atomic E-state index is -0.298. The third-order valence-electron chi connectivity index (χ3n) is 5.25. The van der Waals surface area contributed by atoms with Gasteiger partial charge in [-0.2, -0.15) is 0 Å². The van der Waals surface area contributed by atoms with Crippen molar-refractivity contribution in [1.82, 2.24) is 9.88 Å². The van der Waals surface area contributed by atoms with E-state index in [9.17, 15) is 9.90 Å². The smallest absolute Gasteiger partial charge is 0.248 e. The van der Waals surface area contributed by atoms with Crippen LogP contribution in [0, 0.1) is 0 Å². The summed E-state index contributed by atoms with van der Waals surface area (Å²) in [6.07, 6.45) is 5.65. The van der Waals surface area contributed by atoms with Crippen molar-refractivity contribution >= 4 is 11.6 Å². The molecule has 0 bridgehead atoms. The van der Waals surface area contributed by atoms with Gasteiger partial charge >= 0.3 is 0 Å². The second-order valence-electron chi connectivity index (χ2n) is 6.82. The second-order valence-corrected chi connectivity index (χ2v) is 6.82. The fourth-order valence-corrected chi connectivity index (χ4v) is 3.89. The number of rotatable bonds is 3. The monoisotopic (exact) mass is 337 g/mol. The summed E-state index contributed by atoms with van der Waals surface area (Å²) in [5, 5.41) is 9.83. The third kappa shape index (κ3) is 3.17. The molecule has 25 heavy (non-hydrogen) atoms. The Bertz CT molecular complexity index is 742. The van der Waals surface area contributed by atoms with Crippen molar-refractivity contribution in [3.05, 3.63) is 59.9 Å². The number of aliphatic hydroxyl groups excluding tert-OH is 1. The minimum absolute atomic E-state index is 0.118.